The van der Waals surface area contributed by atoms with Gasteiger partial charge in [0.15, 0.2) is 6.61 Å². The number of alkyl halides is 8. The second kappa shape index (κ2) is 8.19. The number of esters is 2. The van der Waals surface area contributed by atoms with Crippen LogP contribution in [-0.2, 0) is 9.47 Å². The minimum Gasteiger partial charge on any atom is -0.487 e. The van der Waals surface area contributed by atoms with E-state index >= 15 is 0 Å². The summed E-state index contributed by atoms with van der Waals surface area (Å²) in [5, 5.41) is 0. The maximum atomic E-state index is 13.5. The van der Waals surface area contributed by atoms with Crippen molar-refractivity contribution < 1.29 is 58.9 Å². The molecule has 5 nitrogen and oxygen atoms in total. The van der Waals surface area contributed by atoms with Gasteiger partial charge in [-0.1, -0.05) is 0 Å². The molecule has 0 aliphatic carbocycles. The number of carbonyl (C=O) groups excluding carboxylic acids is 2. The lowest BCUT2D eigenvalue weighted by Gasteiger charge is -2.32. The molecule has 0 N–H and O–H groups in total. The second-order valence-electron chi connectivity index (χ2n) is 5.18. The van der Waals surface area contributed by atoms with Gasteiger partial charge in [0.05, 0.1) is 25.3 Å². The highest BCUT2D eigenvalue weighted by Gasteiger charge is 2.75. The summed E-state index contributed by atoms with van der Waals surface area (Å²) in [6, 6.07) is 2.22. The van der Waals surface area contributed by atoms with E-state index in [0.717, 1.165) is 26.4 Å². The van der Waals surface area contributed by atoms with Crippen LogP contribution in [0.5, 0.6) is 5.75 Å². The van der Waals surface area contributed by atoms with Gasteiger partial charge in [-0.2, -0.15) is 26.3 Å². The van der Waals surface area contributed by atoms with Gasteiger partial charge in [0.2, 0.25) is 0 Å². The van der Waals surface area contributed by atoms with Crippen LogP contribution < -0.4 is 4.74 Å². The maximum absolute atomic E-state index is 13.5. The Morgan fingerprint density at radius 1 is 0.929 bits per heavy atom. The van der Waals surface area contributed by atoms with E-state index in [2.05, 4.69) is 14.2 Å². The van der Waals surface area contributed by atoms with Gasteiger partial charge in [0.1, 0.15) is 5.75 Å². The van der Waals surface area contributed by atoms with Gasteiger partial charge in [0, 0.05) is 0 Å². The van der Waals surface area contributed by atoms with Crippen LogP contribution in [0.3, 0.4) is 0 Å². The SMILES string of the molecule is COC(=O)c1ccc(OCC(F)(F)C(F)(F)C(F)(F)C(F)F)cc1C(=O)OC. The Labute approximate surface area is 152 Å². The first-order valence-corrected chi connectivity index (χ1v) is 7.08. The molecule has 1 aromatic carbocycles. The van der Waals surface area contributed by atoms with E-state index in [1.165, 1.54) is 0 Å². The highest BCUT2D eigenvalue weighted by Crippen LogP contribution is 2.48. The number of hydrogen-bond donors (Lipinski definition) is 0. The smallest absolute Gasteiger partial charge is 0.381 e. The topological polar surface area (TPSA) is 61.8 Å². The van der Waals surface area contributed by atoms with Gasteiger partial charge in [-0.15, -0.1) is 0 Å². The van der Waals surface area contributed by atoms with E-state index in [1.54, 1.807) is 0 Å². The van der Waals surface area contributed by atoms with Crippen molar-refractivity contribution in [1.82, 2.24) is 0 Å². The van der Waals surface area contributed by atoms with Crippen molar-refractivity contribution in [2.45, 2.75) is 24.2 Å². The predicted molar refractivity (Wildman–Crippen MR) is 75.5 cm³/mol. The number of methoxy groups -OCH3 is 2. The van der Waals surface area contributed by atoms with Gasteiger partial charge in [0.25, 0.3) is 0 Å². The molecule has 158 valence electrons. The van der Waals surface area contributed by atoms with E-state index in [1.807, 2.05) is 0 Å². The van der Waals surface area contributed by atoms with E-state index in [9.17, 15) is 44.7 Å². The Morgan fingerprint density at radius 3 is 1.89 bits per heavy atom. The van der Waals surface area contributed by atoms with E-state index in [-0.39, 0.29) is 0 Å². The first kappa shape index (κ1) is 23.4. The summed E-state index contributed by atoms with van der Waals surface area (Å²) in [6.45, 7) is -2.43. The molecular formula is C15H12F8O5. The Bertz CT molecular complexity index is 735. The Balaban J connectivity index is 3.15. The number of carbonyl (C=O) groups is 2. The van der Waals surface area contributed by atoms with E-state index in [0.29, 0.717) is 6.07 Å². The molecule has 0 atom stereocenters. The molecule has 0 unspecified atom stereocenters. The molecule has 0 spiro atoms. The second-order valence-corrected chi connectivity index (χ2v) is 5.18. The van der Waals surface area contributed by atoms with Crippen LogP contribution in [0, 0.1) is 0 Å². The normalized spacial score (nSPS) is 12.7. The van der Waals surface area contributed by atoms with Gasteiger partial charge in [-0.25, -0.2) is 18.4 Å². The fourth-order valence-corrected chi connectivity index (χ4v) is 1.83. The number of rotatable bonds is 8. The molecule has 0 heterocycles. The number of hydrogen-bond acceptors (Lipinski definition) is 5. The molecule has 0 aliphatic heterocycles. The molecule has 1 rings (SSSR count). The number of benzene rings is 1. The highest BCUT2D eigenvalue weighted by molar-refractivity contribution is 6.03. The van der Waals surface area contributed by atoms with Crippen molar-refractivity contribution in [2.75, 3.05) is 20.8 Å². The van der Waals surface area contributed by atoms with Crippen molar-refractivity contribution >= 4 is 11.9 Å². The Kier molecular flexibility index (Phi) is 6.85. The summed E-state index contributed by atoms with van der Waals surface area (Å²) in [5.74, 6) is -21.4. The average Bonchev–Trinajstić information content (AvgIpc) is 2.64. The molecule has 0 amide bonds. The standard InChI is InChI=1S/C15H12F8O5/c1-26-10(24)8-4-3-7(5-9(8)11(25)27-2)28-6-13(18,19)15(22,23)14(20,21)12(16)17/h3-5,12H,6H2,1-2H3. The van der Waals surface area contributed by atoms with Crippen LogP contribution in [-0.4, -0.2) is 57.0 Å². The summed E-state index contributed by atoms with van der Waals surface area (Å²) >= 11 is 0. The minimum absolute atomic E-state index is 0.400. The van der Waals surface area contributed by atoms with Crippen molar-refractivity contribution in [3.05, 3.63) is 29.3 Å². The third kappa shape index (κ3) is 4.28. The summed E-state index contributed by atoms with van der Waals surface area (Å²) < 4.78 is 116. The first-order valence-electron chi connectivity index (χ1n) is 7.08. The molecule has 0 saturated heterocycles. The third-order valence-corrected chi connectivity index (χ3v) is 3.37. The van der Waals surface area contributed by atoms with Gasteiger partial charge < -0.3 is 14.2 Å². The van der Waals surface area contributed by atoms with Crippen molar-refractivity contribution in [3.63, 3.8) is 0 Å². The summed E-state index contributed by atoms with van der Waals surface area (Å²) in [7, 11) is 1.86. The van der Waals surface area contributed by atoms with Crippen LogP contribution in [0.15, 0.2) is 18.2 Å². The lowest BCUT2D eigenvalue weighted by Crippen LogP contribution is -2.59. The quantitative estimate of drug-likeness (QED) is 0.469. The predicted octanol–water partition coefficient (Wildman–Crippen LogP) is 3.81. The lowest BCUT2D eigenvalue weighted by molar-refractivity contribution is -0.342. The molecule has 0 saturated carbocycles. The monoisotopic (exact) mass is 424 g/mol. The molecule has 13 heteroatoms. The fourth-order valence-electron chi connectivity index (χ4n) is 1.83. The van der Waals surface area contributed by atoms with Gasteiger partial charge >= 0.3 is 36.1 Å². The molecule has 0 aliphatic rings. The Morgan fingerprint density at radius 2 is 1.43 bits per heavy atom. The molecule has 0 radical (unpaired) electrons. The van der Waals surface area contributed by atoms with Gasteiger partial charge in [-0.3, -0.25) is 0 Å². The molecule has 0 aromatic heterocycles. The zero-order chi connectivity index (χ0) is 21.9. The van der Waals surface area contributed by atoms with Crippen LogP contribution in [0.1, 0.15) is 20.7 Å². The van der Waals surface area contributed by atoms with Crippen LogP contribution in [0.2, 0.25) is 0 Å². The first-order chi connectivity index (χ1) is 12.7. The number of ether oxygens (including phenoxy) is 3. The Hall–Kier alpha value is -2.60. The molecular weight excluding hydrogens is 412 g/mol. The largest absolute Gasteiger partial charge is 0.487 e. The summed E-state index contributed by atoms with van der Waals surface area (Å²) in [5.41, 5.74) is -0.970. The molecule has 1 aromatic rings. The summed E-state index contributed by atoms with van der Waals surface area (Å²) in [6.07, 6.45) is -5.06. The van der Waals surface area contributed by atoms with Crippen molar-refractivity contribution in [1.29, 1.82) is 0 Å². The highest BCUT2D eigenvalue weighted by atomic mass is 19.4. The van der Waals surface area contributed by atoms with Crippen molar-refractivity contribution in [3.8, 4) is 5.75 Å². The molecule has 28 heavy (non-hydrogen) atoms. The van der Waals surface area contributed by atoms with Crippen molar-refractivity contribution in [2.24, 2.45) is 0 Å². The molecule has 0 bridgehead atoms. The maximum Gasteiger partial charge on any atom is 0.381 e. The summed E-state index contributed by atoms with van der Waals surface area (Å²) in [4.78, 5) is 23.2. The zero-order valence-electron chi connectivity index (χ0n) is 14.1. The van der Waals surface area contributed by atoms with Crippen LogP contribution >= 0.6 is 0 Å². The third-order valence-electron chi connectivity index (χ3n) is 3.37. The lowest BCUT2D eigenvalue weighted by atomic mass is 10.1. The minimum atomic E-state index is -6.44. The van der Waals surface area contributed by atoms with E-state index in [4.69, 9.17) is 0 Å². The van der Waals surface area contributed by atoms with Crippen LogP contribution in [0.25, 0.3) is 0 Å². The molecule has 0 fully saturated rings. The average molecular weight is 424 g/mol. The van der Waals surface area contributed by atoms with Gasteiger partial charge in [-0.05, 0) is 18.2 Å². The number of halogens is 8. The van der Waals surface area contributed by atoms with Crippen LogP contribution in [0.4, 0.5) is 35.1 Å². The van der Waals surface area contributed by atoms with E-state index < -0.39 is 59.6 Å². The zero-order valence-corrected chi connectivity index (χ0v) is 14.1. The fraction of sp³-hybridized carbons (Fsp3) is 0.467.